The lowest BCUT2D eigenvalue weighted by molar-refractivity contribution is 0.0526. The normalized spacial score (nSPS) is 10.5. The first-order valence-electron chi connectivity index (χ1n) is 8.28. The van der Waals surface area contributed by atoms with Crippen LogP contribution in [0.1, 0.15) is 24.2 Å². The van der Waals surface area contributed by atoms with E-state index in [4.69, 9.17) is 4.74 Å². The lowest BCUT2D eigenvalue weighted by Gasteiger charge is -2.05. The van der Waals surface area contributed by atoms with Gasteiger partial charge < -0.3 is 15.0 Å². The summed E-state index contributed by atoms with van der Waals surface area (Å²) >= 11 is 0. The minimum Gasteiger partial charge on any atom is -0.462 e. The van der Waals surface area contributed by atoms with Crippen LogP contribution < -0.4 is 10.6 Å². The summed E-state index contributed by atoms with van der Waals surface area (Å²) in [7, 11) is 0. The third-order valence-electron chi connectivity index (χ3n) is 3.64. The van der Waals surface area contributed by atoms with Crippen molar-refractivity contribution in [3.63, 3.8) is 0 Å². The second-order valence-corrected chi connectivity index (χ2v) is 5.48. The molecule has 0 bridgehead atoms. The number of aromatic amines is 1. The topological polar surface area (TPSA) is 109 Å². The Morgan fingerprint density at radius 2 is 2.00 bits per heavy atom. The number of carbonyl (C=O) groups excluding carboxylic acids is 2. The lowest BCUT2D eigenvalue weighted by atomic mass is 10.1. The molecule has 0 spiro atoms. The zero-order valence-electron chi connectivity index (χ0n) is 14.5. The quantitative estimate of drug-likeness (QED) is 0.611. The third-order valence-corrected chi connectivity index (χ3v) is 3.64. The Kier molecular flexibility index (Phi) is 5.12. The highest BCUT2D eigenvalue weighted by Crippen LogP contribution is 2.24. The molecule has 0 radical (unpaired) electrons. The Hall–Kier alpha value is -3.42. The minimum atomic E-state index is -0.406. The van der Waals surface area contributed by atoms with Gasteiger partial charge in [-0.1, -0.05) is 6.07 Å². The van der Waals surface area contributed by atoms with Crippen molar-refractivity contribution in [1.82, 2.24) is 20.3 Å². The Morgan fingerprint density at radius 3 is 2.77 bits per heavy atom. The van der Waals surface area contributed by atoms with Crippen LogP contribution in [0.15, 0.2) is 36.7 Å². The standard InChI is InChI=1S/C18H19N5O3/c1-3-20-18(25)23-17-21-14-6-5-11(8-15(14)22-17)12-7-13(10-19-9-12)16(24)26-4-2/h5-10H,3-4H2,1-2H3,(H3,20,21,22,23,25). The van der Waals surface area contributed by atoms with Gasteiger partial charge in [-0.05, 0) is 37.6 Å². The van der Waals surface area contributed by atoms with E-state index in [1.54, 1.807) is 19.2 Å². The number of rotatable bonds is 5. The van der Waals surface area contributed by atoms with Gasteiger partial charge >= 0.3 is 12.0 Å². The smallest absolute Gasteiger partial charge is 0.339 e. The van der Waals surface area contributed by atoms with E-state index in [-0.39, 0.29) is 6.03 Å². The molecule has 0 atom stereocenters. The van der Waals surface area contributed by atoms with Crippen molar-refractivity contribution in [3.05, 3.63) is 42.2 Å². The molecule has 3 aromatic rings. The lowest BCUT2D eigenvalue weighted by Crippen LogP contribution is -2.28. The molecule has 0 fully saturated rings. The number of amides is 2. The van der Waals surface area contributed by atoms with E-state index in [1.807, 2.05) is 25.1 Å². The Labute approximate surface area is 150 Å². The van der Waals surface area contributed by atoms with Crippen molar-refractivity contribution in [1.29, 1.82) is 0 Å². The molecular weight excluding hydrogens is 334 g/mol. The first kappa shape index (κ1) is 17.4. The second-order valence-electron chi connectivity index (χ2n) is 5.48. The molecule has 8 nitrogen and oxygen atoms in total. The summed E-state index contributed by atoms with van der Waals surface area (Å²) in [5.41, 5.74) is 3.50. The van der Waals surface area contributed by atoms with E-state index in [0.717, 1.165) is 16.6 Å². The highest BCUT2D eigenvalue weighted by Gasteiger charge is 2.11. The number of H-pyrrole nitrogens is 1. The van der Waals surface area contributed by atoms with Crippen LogP contribution in [-0.2, 0) is 4.74 Å². The Morgan fingerprint density at radius 1 is 1.15 bits per heavy atom. The zero-order chi connectivity index (χ0) is 18.5. The van der Waals surface area contributed by atoms with Gasteiger partial charge in [0.15, 0.2) is 0 Å². The average molecular weight is 353 g/mol. The zero-order valence-corrected chi connectivity index (χ0v) is 14.5. The van der Waals surface area contributed by atoms with E-state index < -0.39 is 5.97 Å². The van der Waals surface area contributed by atoms with Gasteiger partial charge in [-0.2, -0.15) is 0 Å². The fourth-order valence-corrected chi connectivity index (χ4v) is 2.48. The van der Waals surface area contributed by atoms with Crippen LogP contribution in [0.2, 0.25) is 0 Å². The monoisotopic (exact) mass is 353 g/mol. The van der Waals surface area contributed by atoms with Crippen LogP contribution in [-0.4, -0.2) is 40.1 Å². The van der Waals surface area contributed by atoms with E-state index in [1.165, 1.54) is 6.20 Å². The number of hydrogen-bond acceptors (Lipinski definition) is 5. The van der Waals surface area contributed by atoms with Gasteiger partial charge in [-0.3, -0.25) is 10.3 Å². The maximum Gasteiger partial charge on any atom is 0.339 e. The average Bonchev–Trinajstić information content (AvgIpc) is 3.03. The molecule has 2 amide bonds. The molecular formula is C18H19N5O3. The van der Waals surface area contributed by atoms with Crippen LogP contribution in [0.3, 0.4) is 0 Å². The number of imidazole rings is 1. The molecule has 0 unspecified atom stereocenters. The van der Waals surface area contributed by atoms with Crippen LogP contribution in [0, 0.1) is 0 Å². The largest absolute Gasteiger partial charge is 0.462 e. The van der Waals surface area contributed by atoms with Gasteiger partial charge in [0.05, 0.1) is 23.2 Å². The van der Waals surface area contributed by atoms with E-state index in [9.17, 15) is 9.59 Å². The van der Waals surface area contributed by atoms with Gasteiger partial charge in [0.25, 0.3) is 0 Å². The summed E-state index contributed by atoms with van der Waals surface area (Å²) in [4.78, 5) is 35.0. The maximum atomic E-state index is 11.9. The number of ether oxygens (including phenoxy) is 1. The SMILES string of the molecule is CCNC(=O)Nc1nc2cc(-c3cncc(C(=O)OCC)c3)ccc2[nH]1. The highest BCUT2D eigenvalue weighted by atomic mass is 16.5. The number of fused-ring (bicyclic) bond motifs is 1. The fraction of sp³-hybridized carbons (Fsp3) is 0.222. The van der Waals surface area contributed by atoms with Gasteiger partial charge in [0.1, 0.15) is 0 Å². The Balaban J connectivity index is 1.88. The predicted octanol–water partition coefficient (Wildman–Crippen LogP) is 2.94. The summed E-state index contributed by atoms with van der Waals surface area (Å²) < 4.78 is 5.01. The van der Waals surface area contributed by atoms with E-state index >= 15 is 0 Å². The van der Waals surface area contributed by atoms with Crippen molar-refractivity contribution in [3.8, 4) is 11.1 Å². The van der Waals surface area contributed by atoms with E-state index in [2.05, 4.69) is 25.6 Å². The summed E-state index contributed by atoms with van der Waals surface area (Å²) in [6, 6.07) is 7.02. The molecule has 3 rings (SSSR count). The van der Waals surface area contributed by atoms with E-state index in [0.29, 0.717) is 30.2 Å². The van der Waals surface area contributed by atoms with Crippen molar-refractivity contribution >= 4 is 29.0 Å². The molecule has 0 saturated heterocycles. The Bertz CT molecular complexity index is 951. The van der Waals surface area contributed by atoms with Crippen molar-refractivity contribution < 1.29 is 14.3 Å². The molecule has 1 aromatic carbocycles. The number of esters is 1. The minimum absolute atomic E-state index is 0.309. The van der Waals surface area contributed by atoms with Gasteiger partial charge in [-0.25, -0.2) is 14.6 Å². The van der Waals surface area contributed by atoms with Crippen LogP contribution in [0.4, 0.5) is 10.7 Å². The van der Waals surface area contributed by atoms with Crippen molar-refractivity contribution in [2.75, 3.05) is 18.5 Å². The first-order chi connectivity index (χ1) is 12.6. The number of carbonyl (C=O) groups is 2. The summed E-state index contributed by atoms with van der Waals surface area (Å²) in [5.74, 6) is -0.0439. The third kappa shape index (κ3) is 3.80. The molecule has 0 aliphatic carbocycles. The molecule has 0 aliphatic rings. The maximum absolute atomic E-state index is 11.9. The number of hydrogen-bond donors (Lipinski definition) is 3. The number of anilines is 1. The molecule has 2 aromatic heterocycles. The number of nitrogens with zero attached hydrogens (tertiary/aromatic N) is 2. The number of benzene rings is 1. The van der Waals surface area contributed by atoms with Crippen molar-refractivity contribution in [2.24, 2.45) is 0 Å². The number of nitrogens with one attached hydrogen (secondary N) is 3. The summed E-state index contributed by atoms with van der Waals surface area (Å²) in [6.45, 7) is 4.43. The molecule has 0 aliphatic heterocycles. The van der Waals surface area contributed by atoms with Crippen LogP contribution in [0.5, 0.6) is 0 Å². The number of urea groups is 1. The summed E-state index contributed by atoms with van der Waals surface area (Å²) in [6.07, 6.45) is 3.15. The molecule has 134 valence electrons. The van der Waals surface area contributed by atoms with Gasteiger partial charge in [0, 0.05) is 24.5 Å². The molecule has 3 N–H and O–H groups in total. The van der Waals surface area contributed by atoms with Crippen LogP contribution in [0.25, 0.3) is 22.2 Å². The molecule has 0 saturated carbocycles. The molecule has 8 heteroatoms. The second kappa shape index (κ2) is 7.64. The predicted molar refractivity (Wildman–Crippen MR) is 98.0 cm³/mol. The van der Waals surface area contributed by atoms with Gasteiger partial charge in [0.2, 0.25) is 5.95 Å². The number of aromatic nitrogens is 3. The van der Waals surface area contributed by atoms with Crippen LogP contribution >= 0.6 is 0 Å². The van der Waals surface area contributed by atoms with Crippen molar-refractivity contribution in [2.45, 2.75) is 13.8 Å². The van der Waals surface area contributed by atoms with Gasteiger partial charge in [-0.15, -0.1) is 0 Å². The fourth-order valence-electron chi connectivity index (χ4n) is 2.48. The number of pyridine rings is 1. The highest BCUT2D eigenvalue weighted by molar-refractivity contribution is 5.92. The summed E-state index contributed by atoms with van der Waals surface area (Å²) in [5, 5.41) is 5.28. The molecule has 2 heterocycles. The first-order valence-corrected chi connectivity index (χ1v) is 8.28. The molecule has 26 heavy (non-hydrogen) atoms.